The van der Waals surface area contributed by atoms with Crippen LogP contribution in [0.5, 0.6) is 0 Å². The molecule has 0 radical (unpaired) electrons. The first-order valence-electron chi connectivity index (χ1n) is 9.75. The van der Waals surface area contributed by atoms with Crippen LogP contribution in [0.2, 0.25) is 0 Å². The zero-order chi connectivity index (χ0) is 21.0. The molecule has 1 saturated heterocycles. The van der Waals surface area contributed by atoms with Crippen LogP contribution in [0.3, 0.4) is 0 Å². The lowest BCUT2D eigenvalue weighted by atomic mass is 10.00. The summed E-state index contributed by atoms with van der Waals surface area (Å²) in [5.74, 6) is 1.58. The second-order valence-electron chi connectivity index (χ2n) is 7.24. The van der Waals surface area contributed by atoms with E-state index in [0.717, 1.165) is 12.5 Å². The molecule has 1 aliphatic rings. The number of aliphatic imine (C=N–C) groups is 1. The van der Waals surface area contributed by atoms with Gasteiger partial charge in [-0.25, -0.2) is 4.79 Å². The van der Waals surface area contributed by atoms with Gasteiger partial charge in [0.15, 0.2) is 5.96 Å². The summed E-state index contributed by atoms with van der Waals surface area (Å²) in [6, 6.07) is 8.16. The molecule has 0 bridgehead atoms. The summed E-state index contributed by atoms with van der Waals surface area (Å²) >= 11 is 0. The molecule has 1 aliphatic heterocycles. The fraction of sp³-hybridized carbons (Fsp3) is 0.455. The van der Waals surface area contributed by atoms with Crippen LogP contribution in [-0.4, -0.2) is 50.7 Å². The van der Waals surface area contributed by atoms with E-state index < -0.39 is 5.97 Å². The van der Waals surface area contributed by atoms with E-state index in [-0.39, 0.29) is 6.10 Å². The van der Waals surface area contributed by atoms with Crippen LogP contribution < -0.4 is 5.32 Å². The normalized spacial score (nSPS) is 17.3. The summed E-state index contributed by atoms with van der Waals surface area (Å²) in [6.07, 6.45) is -0.000292. The van der Waals surface area contributed by atoms with Crippen molar-refractivity contribution in [3.63, 3.8) is 0 Å². The number of guanidine groups is 1. The van der Waals surface area contributed by atoms with Gasteiger partial charge in [-0.05, 0) is 38.0 Å². The number of nitrogens with one attached hydrogen (secondary N) is 1. The molecule has 1 atom stereocenters. The fourth-order valence-electron chi connectivity index (χ4n) is 3.66. The maximum absolute atomic E-state index is 11.8. The van der Waals surface area contributed by atoms with Gasteiger partial charge in [-0.1, -0.05) is 23.8 Å². The Morgan fingerprint density at radius 3 is 2.79 bits per heavy atom. The van der Waals surface area contributed by atoms with Crippen molar-refractivity contribution in [3.05, 3.63) is 58.0 Å². The number of carbonyl (C=O) groups is 1. The van der Waals surface area contributed by atoms with Crippen molar-refractivity contribution < 1.29 is 18.7 Å². The van der Waals surface area contributed by atoms with Crippen molar-refractivity contribution >= 4 is 11.9 Å². The van der Waals surface area contributed by atoms with Crippen molar-refractivity contribution in [1.29, 1.82) is 0 Å². The van der Waals surface area contributed by atoms with Gasteiger partial charge in [0.2, 0.25) is 0 Å². The van der Waals surface area contributed by atoms with E-state index in [1.54, 1.807) is 20.0 Å². The average molecular weight is 399 g/mol. The molecule has 0 aliphatic carbocycles. The number of ether oxygens (including phenoxy) is 2. The lowest BCUT2D eigenvalue weighted by Crippen LogP contribution is -2.48. The molecule has 2 heterocycles. The van der Waals surface area contributed by atoms with E-state index in [4.69, 9.17) is 13.9 Å². The van der Waals surface area contributed by atoms with Gasteiger partial charge in [-0.15, -0.1) is 0 Å². The van der Waals surface area contributed by atoms with E-state index in [1.807, 2.05) is 0 Å². The lowest BCUT2D eigenvalue weighted by Gasteiger charge is -2.35. The summed E-state index contributed by atoms with van der Waals surface area (Å²) in [5.41, 5.74) is 4.14. The summed E-state index contributed by atoms with van der Waals surface area (Å²) in [7, 11) is 3.12. The molecular weight excluding hydrogens is 370 g/mol. The number of aryl methyl sites for hydroxylation is 3. The largest absolute Gasteiger partial charge is 0.465 e. The molecular formula is C22H29N3O4. The van der Waals surface area contributed by atoms with Crippen molar-refractivity contribution in [2.75, 3.05) is 33.9 Å². The van der Waals surface area contributed by atoms with Crippen LogP contribution in [0.15, 0.2) is 33.7 Å². The molecule has 1 aromatic heterocycles. The molecule has 1 fully saturated rings. The molecule has 3 rings (SSSR count). The first-order valence-corrected chi connectivity index (χ1v) is 9.75. The van der Waals surface area contributed by atoms with E-state index in [1.165, 1.54) is 23.8 Å². The lowest BCUT2D eigenvalue weighted by molar-refractivity contribution is -0.00837. The Kier molecular flexibility index (Phi) is 6.59. The second kappa shape index (κ2) is 9.13. The summed E-state index contributed by atoms with van der Waals surface area (Å²) in [4.78, 5) is 18.4. The minimum absolute atomic E-state index is 0.000292. The minimum Gasteiger partial charge on any atom is -0.465 e. The SMILES string of the molecule is CN=C(NCc1cc(C(=O)OC)c(C)o1)N1CCOC(c2ccc(C)cc2C)C1. The quantitative estimate of drug-likeness (QED) is 0.484. The van der Waals surface area contributed by atoms with Gasteiger partial charge in [0.25, 0.3) is 0 Å². The maximum atomic E-state index is 11.8. The van der Waals surface area contributed by atoms with Crippen molar-refractivity contribution in [3.8, 4) is 0 Å². The van der Waals surface area contributed by atoms with Gasteiger partial charge in [0.1, 0.15) is 23.2 Å². The van der Waals surface area contributed by atoms with Crippen LogP contribution in [0.25, 0.3) is 0 Å². The van der Waals surface area contributed by atoms with Gasteiger partial charge >= 0.3 is 5.97 Å². The first-order chi connectivity index (χ1) is 13.9. The highest BCUT2D eigenvalue weighted by molar-refractivity contribution is 5.90. The Morgan fingerprint density at radius 1 is 1.31 bits per heavy atom. The summed E-state index contributed by atoms with van der Waals surface area (Å²) < 4.78 is 16.5. The number of benzene rings is 1. The predicted molar refractivity (Wildman–Crippen MR) is 111 cm³/mol. The number of hydrogen-bond donors (Lipinski definition) is 1. The van der Waals surface area contributed by atoms with Gasteiger partial charge in [-0.2, -0.15) is 0 Å². The second-order valence-corrected chi connectivity index (χ2v) is 7.24. The van der Waals surface area contributed by atoms with Gasteiger partial charge in [0.05, 0.1) is 26.8 Å². The number of nitrogens with zero attached hydrogens (tertiary/aromatic N) is 2. The molecule has 0 amide bonds. The smallest absolute Gasteiger partial charge is 0.341 e. The van der Waals surface area contributed by atoms with Crippen molar-refractivity contribution in [2.45, 2.75) is 33.4 Å². The predicted octanol–water partition coefficient (Wildman–Crippen LogP) is 3.14. The zero-order valence-corrected chi connectivity index (χ0v) is 17.7. The van der Waals surface area contributed by atoms with E-state index in [9.17, 15) is 4.79 Å². The summed E-state index contributed by atoms with van der Waals surface area (Å²) in [5, 5.41) is 3.32. The Morgan fingerprint density at radius 2 is 2.10 bits per heavy atom. The highest BCUT2D eigenvalue weighted by Crippen LogP contribution is 2.26. The highest BCUT2D eigenvalue weighted by Gasteiger charge is 2.25. The molecule has 29 heavy (non-hydrogen) atoms. The Balaban J connectivity index is 1.66. The third-order valence-corrected chi connectivity index (χ3v) is 5.14. The highest BCUT2D eigenvalue weighted by atomic mass is 16.5. The third-order valence-electron chi connectivity index (χ3n) is 5.14. The molecule has 2 aromatic rings. The average Bonchev–Trinajstić information content (AvgIpc) is 3.08. The van der Waals surface area contributed by atoms with Gasteiger partial charge < -0.3 is 24.1 Å². The molecule has 7 nitrogen and oxygen atoms in total. The van der Waals surface area contributed by atoms with Crippen molar-refractivity contribution in [1.82, 2.24) is 10.2 Å². The number of hydrogen-bond acceptors (Lipinski definition) is 5. The maximum Gasteiger partial charge on any atom is 0.341 e. The van der Waals surface area contributed by atoms with Crippen molar-refractivity contribution in [2.24, 2.45) is 4.99 Å². The number of morpholine rings is 1. The van der Waals surface area contributed by atoms with E-state index in [2.05, 4.69) is 47.3 Å². The monoisotopic (exact) mass is 399 g/mol. The van der Waals surface area contributed by atoms with Crippen LogP contribution in [0.1, 0.15) is 44.7 Å². The number of furan rings is 1. The molecule has 0 saturated carbocycles. The minimum atomic E-state index is -0.397. The molecule has 1 N–H and O–H groups in total. The number of esters is 1. The third kappa shape index (κ3) is 4.79. The molecule has 1 aromatic carbocycles. The number of rotatable bonds is 4. The first kappa shape index (κ1) is 20.9. The zero-order valence-electron chi connectivity index (χ0n) is 17.7. The molecule has 156 valence electrons. The molecule has 7 heteroatoms. The summed E-state index contributed by atoms with van der Waals surface area (Å²) in [6.45, 7) is 8.50. The van der Waals surface area contributed by atoms with Crippen LogP contribution in [-0.2, 0) is 16.0 Å². The van der Waals surface area contributed by atoms with Crippen LogP contribution >= 0.6 is 0 Å². The molecule has 0 spiro atoms. The topological polar surface area (TPSA) is 76.3 Å². The Hall–Kier alpha value is -2.80. The van der Waals surface area contributed by atoms with Gasteiger partial charge in [0, 0.05) is 13.6 Å². The standard InChI is InChI=1S/C22H29N3O4/c1-14-6-7-18(15(2)10-14)20-13-25(8-9-28-20)22(23-4)24-12-17-11-19(16(3)29-17)21(26)27-5/h6-7,10-11,20H,8-9,12-13H2,1-5H3,(H,23,24). The van der Waals surface area contributed by atoms with E-state index in [0.29, 0.717) is 36.8 Å². The van der Waals surface area contributed by atoms with Gasteiger partial charge in [-0.3, -0.25) is 4.99 Å². The Bertz CT molecular complexity index is 903. The van der Waals surface area contributed by atoms with E-state index >= 15 is 0 Å². The van der Waals surface area contributed by atoms with Crippen LogP contribution in [0, 0.1) is 20.8 Å². The Labute approximate surface area is 171 Å². The number of carbonyl (C=O) groups excluding carboxylic acids is 1. The fourth-order valence-corrected chi connectivity index (χ4v) is 3.66. The van der Waals surface area contributed by atoms with Crippen LogP contribution in [0.4, 0.5) is 0 Å². The molecule has 1 unspecified atom stereocenters. The number of methoxy groups -OCH3 is 1.